The Morgan fingerprint density at radius 1 is 0.778 bits per heavy atom. The van der Waals surface area contributed by atoms with E-state index in [0.717, 1.165) is 11.4 Å². The molecule has 136 valence electrons. The van der Waals surface area contributed by atoms with E-state index in [9.17, 15) is 14.0 Å². The second-order valence-corrected chi connectivity index (χ2v) is 6.00. The second-order valence-electron chi connectivity index (χ2n) is 5.60. The van der Waals surface area contributed by atoms with E-state index in [2.05, 4.69) is 16.0 Å². The number of urea groups is 1. The van der Waals surface area contributed by atoms with E-state index < -0.39 is 11.9 Å². The third kappa shape index (κ3) is 5.05. The molecule has 0 spiro atoms. The fraction of sp³-hybridized carbons (Fsp3) is 0. The van der Waals surface area contributed by atoms with Crippen molar-refractivity contribution < 1.29 is 14.0 Å². The summed E-state index contributed by atoms with van der Waals surface area (Å²) in [6.07, 6.45) is 0. The van der Waals surface area contributed by atoms with Gasteiger partial charge >= 0.3 is 6.03 Å². The van der Waals surface area contributed by atoms with Crippen LogP contribution in [0.5, 0.6) is 0 Å². The maximum Gasteiger partial charge on any atom is 0.326 e. The molecular formula is C20H15ClFN3O2. The van der Waals surface area contributed by atoms with E-state index in [1.807, 2.05) is 0 Å². The lowest BCUT2D eigenvalue weighted by atomic mass is 10.2. The molecule has 0 radical (unpaired) electrons. The molecule has 0 aliphatic carbocycles. The maximum atomic E-state index is 12.9. The Balaban J connectivity index is 1.57. The number of carbonyl (C=O) groups excluding carboxylic acids is 2. The predicted molar refractivity (Wildman–Crippen MR) is 104 cm³/mol. The van der Waals surface area contributed by atoms with E-state index >= 15 is 0 Å². The third-order valence-corrected chi connectivity index (χ3v) is 3.95. The number of anilines is 3. The van der Waals surface area contributed by atoms with Gasteiger partial charge in [-0.3, -0.25) is 10.1 Å². The fourth-order valence-corrected chi connectivity index (χ4v) is 2.54. The first kappa shape index (κ1) is 18.4. The van der Waals surface area contributed by atoms with Crippen LogP contribution in [0.2, 0.25) is 5.02 Å². The Morgan fingerprint density at radius 3 is 1.96 bits per heavy atom. The number of rotatable bonds is 4. The van der Waals surface area contributed by atoms with Crippen LogP contribution in [0.3, 0.4) is 0 Å². The summed E-state index contributed by atoms with van der Waals surface area (Å²) >= 11 is 5.94. The first-order valence-electron chi connectivity index (χ1n) is 8.01. The number of imide groups is 1. The van der Waals surface area contributed by atoms with Crippen LogP contribution in [0.4, 0.5) is 26.2 Å². The van der Waals surface area contributed by atoms with Crippen LogP contribution < -0.4 is 16.0 Å². The molecule has 0 saturated carbocycles. The van der Waals surface area contributed by atoms with Gasteiger partial charge in [0.1, 0.15) is 5.82 Å². The first-order valence-corrected chi connectivity index (χ1v) is 8.38. The third-order valence-electron chi connectivity index (χ3n) is 3.62. The molecule has 7 heteroatoms. The van der Waals surface area contributed by atoms with E-state index in [-0.39, 0.29) is 16.4 Å². The van der Waals surface area contributed by atoms with Crippen molar-refractivity contribution in [3.63, 3.8) is 0 Å². The van der Waals surface area contributed by atoms with E-state index in [0.29, 0.717) is 5.69 Å². The molecule has 3 N–H and O–H groups in total. The van der Waals surface area contributed by atoms with Gasteiger partial charge in [0, 0.05) is 17.1 Å². The molecule has 3 aromatic rings. The van der Waals surface area contributed by atoms with Crippen molar-refractivity contribution in [3.8, 4) is 0 Å². The van der Waals surface area contributed by atoms with Crippen LogP contribution in [0, 0.1) is 5.82 Å². The van der Waals surface area contributed by atoms with Crippen molar-refractivity contribution in [1.82, 2.24) is 5.32 Å². The van der Waals surface area contributed by atoms with Gasteiger partial charge in [-0.05, 0) is 60.7 Å². The maximum absolute atomic E-state index is 12.9. The lowest BCUT2D eigenvalue weighted by Gasteiger charge is -2.10. The van der Waals surface area contributed by atoms with E-state index in [1.165, 1.54) is 18.2 Å². The standard InChI is InChI=1S/C20H15ClFN3O2/c21-18-4-2-1-3-17(18)19(26)25-20(27)24-16-11-9-15(10-12-16)23-14-7-5-13(22)6-8-14/h1-12,23H,(H2,24,25,26,27). The zero-order chi connectivity index (χ0) is 19.2. The number of amides is 3. The van der Waals surface area contributed by atoms with Gasteiger partial charge in [-0.15, -0.1) is 0 Å². The van der Waals surface area contributed by atoms with E-state index in [1.54, 1.807) is 54.6 Å². The SMILES string of the molecule is O=C(NC(=O)c1ccccc1Cl)Nc1ccc(Nc2ccc(F)cc2)cc1. The van der Waals surface area contributed by atoms with Crippen molar-refractivity contribution in [2.75, 3.05) is 10.6 Å². The smallest absolute Gasteiger partial charge is 0.326 e. The van der Waals surface area contributed by atoms with Crippen molar-refractivity contribution in [2.45, 2.75) is 0 Å². The van der Waals surface area contributed by atoms with Crippen molar-refractivity contribution in [1.29, 1.82) is 0 Å². The number of hydrogen-bond acceptors (Lipinski definition) is 3. The Hall–Kier alpha value is -3.38. The molecule has 3 aromatic carbocycles. The van der Waals surface area contributed by atoms with Crippen LogP contribution in [0.25, 0.3) is 0 Å². The van der Waals surface area contributed by atoms with Crippen LogP contribution in [0.15, 0.2) is 72.8 Å². The summed E-state index contributed by atoms with van der Waals surface area (Å²) in [7, 11) is 0. The van der Waals surface area contributed by atoms with Crippen LogP contribution in [0.1, 0.15) is 10.4 Å². The summed E-state index contributed by atoms with van der Waals surface area (Å²) in [5, 5.41) is 8.16. The first-order chi connectivity index (χ1) is 13.0. The van der Waals surface area contributed by atoms with Gasteiger partial charge in [-0.1, -0.05) is 23.7 Å². The highest BCUT2D eigenvalue weighted by atomic mass is 35.5. The Labute approximate surface area is 160 Å². The Kier molecular flexibility index (Phi) is 5.68. The highest BCUT2D eigenvalue weighted by molar-refractivity contribution is 6.34. The largest absolute Gasteiger partial charge is 0.356 e. The van der Waals surface area contributed by atoms with E-state index in [4.69, 9.17) is 11.6 Å². The summed E-state index contributed by atoms with van der Waals surface area (Å²) in [5.74, 6) is -0.898. The van der Waals surface area contributed by atoms with Gasteiger partial charge in [-0.25, -0.2) is 9.18 Å². The highest BCUT2D eigenvalue weighted by Crippen LogP contribution is 2.19. The minimum Gasteiger partial charge on any atom is -0.356 e. The zero-order valence-corrected chi connectivity index (χ0v) is 14.8. The lowest BCUT2D eigenvalue weighted by molar-refractivity contribution is 0.0967. The minimum atomic E-state index is -0.667. The van der Waals surface area contributed by atoms with Gasteiger partial charge < -0.3 is 10.6 Å². The summed E-state index contributed by atoms with van der Waals surface area (Å²) in [4.78, 5) is 24.0. The molecule has 27 heavy (non-hydrogen) atoms. The number of benzene rings is 3. The number of halogens is 2. The highest BCUT2D eigenvalue weighted by Gasteiger charge is 2.13. The molecule has 0 aliphatic heterocycles. The molecule has 0 heterocycles. The lowest BCUT2D eigenvalue weighted by Crippen LogP contribution is -2.34. The predicted octanol–water partition coefficient (Wildman–Crippen LogP) is 5.18. The van der Waals surface area contributed by atoms with Crippen LogP contribution >= 0.6 is 11.6 Å². The molecule has 0 fully saturated rings. The number of hydrogen-bond donors (Lipinski definition) is 3. The summed E-state index contributed by atoms with van der Waals surface area (Å²) < 4.78 is 12.9. The normalized spacial score (nSPS) is 10.1. The molecule has 0 saturated heterocycles. The Bertz CT molecular complexity index is 960. The van der Waals surface area contributed by atoms with Crippen molar-refractivity contribution in [3.05, 3.63) is 89.2 Å². The molecule has 0 aromatic heterocycles. The molecule has 0 bridgehead atoms. The zero-order valence-electron chi connectivity index (χ0n) is 14.0. The molecular weight excluding hydrogens is 369 g/mol. The van der Waals surface area contributed by atoms with Crippen molar-refractivity contribution in [2.24, 2.45) is 0 Å². The molecule has 0 aliphatic rings. The van der Waals surface area contributed by atoms with Crippen LogP contribution in [-0.4, -0.2) is 11.9 Å². The summed E-state index contributed by atoms with van der Waals surface area (Å²) in [5.41, 5.74) is 2.22. The van der Waals surface area contributed by atoms with Gasteiger partial charge in [0.25, 0.3) is 5.91 Å². The topological polar surface area (TPSA) is 70.2 Å². The fourth-order valence-electron chi connectivity index (χ4n) is 2.31. The van der Waals surface area contributed by atoms with Gasteiger partial charge in [0.15, 0.2) is 0 Å². The molecule has 3 rings (SSSR count). The summed E-state index contributed by atoms with van der Waals surface area (Å²) in [6, 6.07) is 18.6. The van der Waals surface area contributed by atoms with Crippen molar-refractivity contribution >= 4 is 40.6 Å². The molecule has 3 amide bonds. The second kappa shape index (κ2) is 8.33. The number of carbonyl (C=O) groups is 2. The summed E-state index contributed by atoms with van der Waals surface area (Å²) in [6.45, 7) is 0. The van der Waals surface area contributed by atoms with Crippen LogP contribution in [-0.2, 0) is 0 Å². The minimum absolute atomic E-state index is 0.216. The Morgan fingerprint density at radius 2 is 1.33 bits per heavy atom. The average Bonchev–Trinajstić information content (AvgIpc) is 2.65. The average molecular weight is 384 g/mol. The monoisotopic (exact) mass is 383 g/mol. The molecule has 0 unspecified atom stereocenters. The van der Waals surface area contributed by atoms with Gasteiger partial charge in [0.05, 0.1) is 10.6 Å². The van der Waals surface area contributed by atoms with Gasteiger partial charge in [0.2, 0.25) is 0 Å². The van der Waals surface area contributed by atoms with Gasteiger partial charge in [-0.2, -0.15) is 0 Å². The number of nitrogens with one attached hydrogen (secondary N) is 3. The molecule has 5 nitrogen and oxygen atoms in total. The molecule has 0 atom stereocenters. The quantitative estimate of drug-likeness (QED) is 0.581.